The summed E-state index contributed by atoms with van der Waals surface area (Å²) >= 11 is 12.7. The van der Waals surface area contributed by atoms with Crippen LogP contribution in [0.2, 0.25) is 10.0 Å². The van der Waals surface area contributed by atoms with Gasteiger partial charge in [0.1, 0.15) is 6.54 Å². The standard InChI is InChI=1S/C27H27Cl2N5O/c1-18-5-3-6-20(15-18)21-9-10-30-27-26(21)19(2)31-34(27)17-25(35)33-13-11-32(12-14-33)16-22-23(28)7-4-8-24(22)29/h3-10,15H,11-14,16-17H2,1-2H3. The number of hydrogen-bond acceptors (Lipinski definition) is 4. The molecule has 0 aliphatic carbocycles. The molecule has 1 aliphatic heterocycles. The number of aromatic nitrogens is 3. The molecule has 6 nitrogen and oxygen atoms in total. The zero-order valence-corrected chi connectivity index (χ0v) is 21.4. The Hall–Kier alpha value is -2.93. The molecule has 2 aromatic heterocycles. The van der Waals surface area contributed by atoms with Crippen molar-refractivity contribution in [3.8, 4) is 11.1 Å². The van der Waals surface area contributed by atoms with E-state index >= 15 is 0 Å². The summed E-state index contributed by atoms with van der Waals surface area (Å²) in [6.07, 6.45) is 1.79. The van der Waals surface area contributed by atoms with E-state index in [0.717, 1.165) is 46.5 Å². The number of nitrogens with zero attached hydrogens (tertiary/aromatic N) is 5. The van der Waals surface area contributed by atoms with Crippen molar-refractivity contribution >= 4 is 40.1 Å². The van der Waals surface area contributed by atoms with Crippen LogP contribution in [0.1, 0.15) is 16.8 Å². The maximum atomic E-state index is 13.2. The van der Waals surface area contributed by atoms with E-state index in [-0.39, 0.29) is 12.5 Å². The van der Waals surface area contributed by atoms with Crippen molar-refractivity contribution in [2.45, 2.75) is 26.9 Å². The molecule has 3 heterocycles. The van der Waals surface area contributed by atoms with Crippen molar-refractivity contribution in [2.75, 3.05) is 26.2 Å². The predicted molar refractivity (Wildman–Crippen MR) is 141 cm³/mol. The first-order chi connectivity index (χ1) is 16.9. The first-order valence-electron chi connectivity index (χ1n) is 11.7. The number of pyridine rings is 1. The molecule has 8 heteroatoms. The van der Waals surface area contributed by atoms with E-state index in [1.165, 1.54) is 5.56 Å². The van der Waals surface area contributed by atoms with Gasteiger partial charge in [0.05, 0.1) is 5.69 Å². The Balaban J connectivity index is 1.29. The van der Waals surface area contributed by atoms with E-state index in [9.17, 15) is 4.79 Å². The van der Waals surface area contributed by atoms with Gasteiger partial charge in [-0.05, 0) is 43.2 Å². The highest BCUT2D eigenvalue weighted by atomic mass is 35.5. The van der Waals surface area contributed by atoms with E-state index in [1.54, 1.807) is 10.9 Å². The minimum Gasteiger partial charge on any atom is -0.339 e. The molecule has 1 fully saturated rings. The molecule has 0 radical (unpaired) electrons. The summed E-state index contributed by atoms with van der Waals surface area (Å²) < 4.78 is 1.74. The fraction of sp³-hybridized carbons (Fsp3) is 0.296. The molecular weight excluding hydrogens is 481 g/mol. The molecule has 180 valence electrons. The number of piperazine rings is 1. The molecule has 0 atom stereocenters. The molecule has 5 rings (SSSR count). The van der Waals surface area contributed by atoms with Gasteiger partial charge < -0.3 is 4.90 Å². The highest BCUT2D eigenvalue weighted by Gasteiger charge is 2.24. The summed E-state index contributed by atoms with van der Waals surface area (Å²) in [4.78, 5) is 21.9. The Labute approximate surface area is 215 Å². The number of rotatable bonds is 5. The van der Waals surface area contributed by atoms with E-state index in [4.69, 9.17) is 28.3 Å². The van der Waals surface area contributed by atoms with Crippen molar-refractivity contribution < 1.29 is 4.79 Å². The van der Waals surface area contributed by atoms with Crippen LogP contribution >= 0.6 is 23.2 Å². The Morgan fingerprint density at radius 1 is 0.971 bits per heavy atom. The largest absolute Gasteiger partial charge is 0.339 e. The lowest BCUT2D eigenvalue weighted by molar-refractivity contribution is -0.133. The molecule has 0 N–H and O–H groups in total. The number of hydrogen-bond donors (Lipinski definition) is 0. The third kappa shape index (κ3) is 4.92. The van der Waals surface area contributed by atoms with Crippen LogP contribution in [0.3, 0.4) is 0 Å². The Morgan fingerprint density at radius 2 is 1.69 bits per heavy atom. The van der Waals surface area contributed by atoms with E-state index in [1.807, 2.05) is 36.1 Å². The zero-order valence-electron chi connectivity index (χ0n) is 19.8. The van der Waals surface area contributed by atoms with Crippen LogP contribution in [0, 0.1) is 13.8 Å². The van der Waals surface area contributed by atoms with Gasteiger partial charge >= 0.3 is 0 Å². The maximum Gasteiger partial charge on any atom is 0.244 e. The first kappa shape index (κ1) is 23.8. The number of benzene rings is 2. The fourth-order valence-corrected chi connectivity index (χ4v) is 5.25. The normalized spacial score (nSPS) is 14.6. The summed E-state index contributed by atoms with van der Waals surface area (Å²) in [7, 11) is 0. The Morgan fingerprint density at radius 3 is 2.40 bits per heavy atom. The second-order valence-electron chi connectivity index (χ2n) is 9.03. The molecule has 0 saturated carbocycles. The van der Waals surface area contributed by atoms with Gasteiger partial charge in [-0.15, -0.1) is 0 Å². The van der Waals surface area contributed by atoms with Gasteiger partial charge in [-0.25, -0.2) is 9.67 Å². The van der Waals surface area contributed by atoms with Crippen molar-refractivity contribution in [1.82, 2.24) is 24.6 Å². The molecule has 0 unspecified atom stereocenters. The second kappa shape index (κ2) is 9.97. The molecule has 4 aromatic rings. The Bertz CT molecular complexity index is 1370. The third-order valence-electron chi connectivity index (χ3n) is 6.59. The molecule has 1 amide bonds. The molecule has 0 bridgehead atoms. The predicted octanol–water partition coefficient (Wildman–Crippen LogP) is 5.37. The lowest BCUT2D eigenvalue weighted by Crippen LogP contribution is -2.49. The lowest BCUT2D eigenvalue weighted by atomic mass is 10.0. The van der Waals surface area contributed by atoms with Gasteiger partial charge in [0, 0.05) is 59.9 Å². The number of aryl methyl sites for hydroxylation is 2. The maximum absolute atomic E-state index is 13.2. The smallest absolute Gasteiger partial charge is 0.244 e. The van der Waals surface area contributed by atoms with Crippen molar-refractivity contribution in [3.63, 3.8) is 0 Å². The number of carbonyl (C=O) groups is 1. The highest BCUT2D eigenvalue weighted by Crippen LogP contribution is 2.30. The molecule has 35 heavy (non-hydrogen) atoms. The van der Waals surface area contributed by atoms with Crippen molar-refractivity contribution in [2.24, 2.45) is 0 Å². The number of carbonyl (C=O) groups excluding carboxylic acids is 1. The quantitative estimate of drug-likeness (QED) is 0.364. The van der Waals surface area contributed by atoms with Crippen LogP contribution in [0.5, 0.6) is 0 Å². The molecule has 0 spiro atoms. The number of halogens is 2. The lowest BCUT2D eigenvalue weighted by Gasteiger charge is -2.35. The van der Waals surface area contributed by atoms with Gasteiger partial charge in [-0.1, -0.05) is 59.1 Å². The average molecular weight is 508 g/mol. The minimum absolute atomic E-state index is 0.0487. The van der Waals surface area contributed by atoms with Crippen molar-refractivity contribution in [3.05, 3.63) is 81.6 Å². The summed E-state index contributed by atoms with van der Waals surface area (Å²) in [5, 5.41) is 7.03. The van der Waals surface area contributed by atoms with E-state index in [2.05, 4.69) is 41.1 Å². The van der Waals surface area contributed by atoms with E-state index in [0.29, 0.717) is 29.7 Å². The van der Waals surface area contributed by atoms with Gasteiger partial charge in [0.15, 0.2) is 5.65 Å². The van der Waals surface area contributed by atoms with Gasteiger partial charge in [-0.2, -0.15) is 5.10 Å². The van der Waals surface area contributed by atoms with Crippen LogP contribution in [-0.4, -0.2) is 56.7 Å². The van der Waals surface area contributed by atoms with E-state index < -0.39 is 0 Å². The molecule has 1 aliphatic rings. The first-order valence-corrected chi connectivity index (χ1v) is 12.5. The zero-order chi connectivity index (χ0) is 24.5. The number of fused-ring (bicyclic) bond motifs is 1. The molecular formula is C27H27Cl2N5O. The Kier molecular flexibility index (Phi) is 6.78. The summed E-state index contributed by atoms with van der Waals surface area (Å²) in [6.45, 7) is 7.74. The van der Waals surface area contributed by atoms with Crippen LogP contribution < -0.4 is 0 Å². The minimum atomic E-state index is 0.0487. The topological polar surface area (TPSA) is 54.3 Å². The van der Waals surface area contributed by atoms with Gasteiger partial charge in [0.25, 0.3) is 0 Å². The van der Waals surface area contributed by atoms with Crippen molar-refractivity contribution in [1.29, 1.82) is 0 Å². The van der Waals surface area contributed by atoms with Crippen LogP contribution in [0.25, 0.3) is 22.2 Å². The molecule has 2 aromatic carbocycles. The fourth-order valence-electron chi connectivity index (χ4n) is 4.74. The number of amides is 1. The summed E-state index contributed by atoms with van der Waals surface area (Å²) in [5.41, 5.74) is 5.96. The van der Waals surface area contributed by atoms with Crippen LogP contribution in [0.15, 0.2) is 54.7 Å². The highest BCUT2D eigenvalue weighted by molar-refractivity contribution is 6.35. The summed E-state index contributed by atoms with van der Waals surface area (Å²) in [5.74, 6) is 0.0487. The monoisotopic (exact) mass is 507 g/mol. The summed E-state index contributed by atoms with van der Waals surface area (Å²) in [6, 6.07) is 16.0. The van der Waals surface area contributed by atoms with Gasteiger partial charge in [-0.3, -0.25) is 9.69 Å². The van der Waals surface area contributed by atoms with Gasteiger partial charge in [0.2, 0.25) is 5.91 Å². The second-order valence-corrected chi connectivity index (χ2v) is 9.84. The SMILES string of the molecule is Cc1cccc(-c2ccnc3c2c(C)nn3CC(=O)N2CCN(Cc3c(Cl)cccc3Cl)CC2)c1. The third-order valence-corrected chi connectivity index (χ3v) is 7.30. The molecule has 1 saturated heterocycles. The average Bonchev–Trinajstić information content (AvgIpc) is 3.17. The van der Waals surface area contributed by atoms with Crippen LogP contribution in [0.4, 0.5) is 0 Å². The van der Waals surface area contributed by atoms with Crippen LogP contribution in [-0.2, 0) is 17.9 Å².